The van der Waals surface area contributed by atoms with Crippen molar-refractivity contribution >= 4 is 23.8 Å². The summed E-state index contributed by atoms with van der Waals surface area (Å²) in [5.41, 5.74) is 1.93. The molecule has 0 radical (unpaired) electrons. The number of amides is 2. The average Bonchev–Trinajstić information content (AvgIpc) is 3.29. The molecule has 376 valence electrons. The fraction of sp³-hybridized carbons (Fsp3) is 0.458. The van der Waals surface area contributed by atoms with E-state index in [1.54, 1.807) is 39.8 Å². The summed E-state index contributed by atoms with van der Waals surface area (Å²) in [5, 5.41) is 0. The van der Waals surface area contributed by atoms with E-state index in [2.05, 4.69) is 29.7 Å². The van der Waals surface area contributed by atoms with Gasteiger partial charge in [-0.1, -0.05) is 24.3 Å². The van der Waals surface area contributed by atoms with Crippen molar-refractivity contribution in [1.82, 2.24) is 39.5 Å². The molecule has 4 heterocycles. The minimum atomic E-state index is -4.44. The van der Waals surface area contributed by atoms with Crippen LogP contribution in [0.25, 0.3) is 0 Å². The Labute approximate surface area is 400 Å². The minimum absolute atomic E-state index is 0.257. The van der Waals surface area contributed by atoms with Crippen molar-refractivity contribution in [3.8, 4) is 12.0 Å². The molecule has 0 N–H and O–H groups in total. The van der Waals surface area contributed by atoms with E-state index >= 15 is 0 Å². The SMILES string of the molecule is Cc1cc(C)nc(OC(OC(=O)/C=C\C(=O)OC(Oc2nc(C)cc(C)n2)C(=O)N(C)C2CCN(Cc3ccc(C(F)(F)F)cc3)CC2)C(=O)N(C)C2CCN(Cc3ccc(C(F)(F)F)cc3)CC2)n1. The molecular weight excluding hydrogens is 931 g/mol. The maximum Gasteiger partial charge on any atom is 0.416 e. The van der Waals surface area contributed by atoms with Crippen molar-refractivity contribution in [1.29, 1.82) is 0 Å². The first kappa shape index (κ1) is 52.7. The van der Waals surface area contributed by atoms with Crippen LogP contribution in [0.1, 0.15) is 70.7 Å². The Kier molecular flexibility index (Phi) is 17.2. The van der Waals surface area contributed by atoms with E-state index in [1.807, 2.05) is 0 Å². The number of piperidine rings is 2. The van der Waals surface area contributed by atoms with E-state index in [1.165, 1.54) is 48.2 Å². The fourth-order valence-corrected chi connectivity index (χ4v) is 8.10. The summed E-state index contributed by atoms with van der Waals surface area (Å²) in [4.78, 5) is 78.3. The zero-order valence-electron chi connectivity index (χ0n) is 39.4. The number of carbonyl (C=O) groups excluding carboxylic acids is 4. The number of hydrogen-bond acceptors (Lipinski definition) is 14. The third kappa shape index (κ3) is 14.9. The highest BCUT2D eigenvalue weighted by molar-refractivity contribution is 5.94. The maximum atomic E-state index is 14.0. The first-order valence-electron chi connectivity index (χ1n) is 22.4. The maximum absolute atomic E-state index is 14.0. The summed E-state index contributed by atoms with van der Waals surface area (Å²) in [7, 11) is 3.02. The van der Waals surface area contributed by atoms with E-state index < -0.39 is 59.8 Å². The van der Waals surface area contributed by atoms with Gasteiger partial charge in [0.2, 0.25) is 0 Å². The number of likely N-dealkylation sites (N-methyl/N-ethyl adjacent to an activating group) is 2. The van der Waals surface area contributed by atoms with Gasteiger partial charge >= 0.3 is 60.7 Å². The number of nitrogens with zero attached hydrogens (tertiary/aromatic N) is 8. The van der Waals surface area contributed by atoms with Gasteiger partial charge in [0.25, 0.3) is 0 Å². The number of aromatic nitrogens is 4. The van der Waals surface area contributed by atoms with Crippen molar-refractivity contribution in [3.63, 3.8) is 0 Å². The lowest BCUT2D eigenvalue weighted by atomic mass is 10.0. The number of halogens is 6. The number of carbonyl (C=O) groups is 4. The van der Waals surface area contributed by atoms with Gasteiger partial charge in [0.15, 0.2) is 0 Å². The Hall–Kier alpha value is -6.68. The van der Waals surface area contributed by atoms with E-state index in [4.69, 9.17) is 18.9 Å². The third-order valence-electron chi connectivity index (χ3n) is 11.8. The zero-order valence-corrected chi connectivity index (χ0v) is 39.4. The van der Waals surface area contributed by atoms with Gasteiger partial charge in [-0.15, -0.1) is 0 Å². The summed E-state index contributed by atoms with van der Waals surface area (Å²) in [5.74, 6) is -3.95. The van der Waals surface area contributed by atoms with E-state index in [-0.39, 0.29) is 24.1 Å². The van der Waals surface area contributed by atoms with Gasteiger partial charge in [0.1, 0.15) is 0 Å². The van der Waals surface area contributed by atoms with E-state index in [9.17, 15) is 45.5 Å². The molecular formula is C48H54F6N8O8. The third-order valence-corrected chi connectivity index (χ3v) is 11.8. The second-order valence-electron chi connectivity index (χ2n) is 17.3. The quantitative estimate of drug-likeness (QED) is 0.0514. The highest BCUT2D eigenvalue weighted by Gasteiger charge is 2.37. The molecule has 16 nitrogen and oxygen atoms in total. The van der Waals surface area contributed by atoms with Crippen LogP contribution < -0.4 is 9.47 Å². The molecule has 2 fully saturated rings. The van der Waals surface area contributed by atoms with Crippen LogP contribution in [0.2, 0.25) is 0 Å². The monoisotopic (exact) mass is 984 g/mol. The summed E-state index contributed by atoms with van der Waals surface area (Å²) in [6.45, 7) is 9.53. The number of aryl methyl sites for hydroxylation is 4. The molecule has 0 saturated carbocycles. The van der Waals surface area contributed by atoms with Gasteiger partial charge < -0.3 is 28.7 Å². The number of alkyl halides is 6. The van der Waals surface area contributed by atoms with Crippen LogP contribution in [0.3, 0.4) is 0 Å². The Bertz CT molecular complexity index is 2280. The van der Waals surface area contributed by atoms with Gasteiger partial charge in [0.05, 0.1) is 11.1 Å². The highest BCUT2D eigenvalue weighted by Crippen LogP contribution is 2.31. The molecule has 4 aromatic rings. The van der Waals surface area contributed by atoms with Crippen LogP contribution in [0.5, 0.6) is 12.0 Å². The summed E-state index contributed by atoms with van der Waals surface area (Å²) in [6, 6.07) is 12.0. The predicted molar refractivity (Wildman–Crippen MR) is 238 cm³/mol. The summed E-state index contributed by atoms with van der Waals surface area (Å²) < 4.78 is 101. The van der Waals surface area contributed by atoms with Crippen molar-refractivity contribution in [2.75, 3.05) is 40.3 Å². The van der Waals surface area contributed by atoms with Gasteiger partial charge in [-0.25, -0.2) is 29.5 Å². The molecule has 0 spiro atoms. The molecule has 2 aromatic carbocycles. The van der Waals surface area contributed by atoms with E-state index in [0.29, 0.717) is 111 Å². The van der Waals surface area contributed by atoms with Crippen molar-refractivity contribution < 1.29 is 64.5 Å². The first-order chi connectivity index (χ1) is 33.0. The Morgan fingerprint density at radius 3 is 1.16 bits per heavy atom. The molecule has 2 aromatic heterocycles. The predicted octanol–water partition coefficient (Wildman–Crippen LogP) is 6.54. The molecule has 2 saturated heterocycles. The van der Waals surface area contributed by atoms with Crippen molar-refractivity contribution in [3.05, 3.63) is 118 Å². The van der Waals surface area contributed by atoms with Gasteiger partial charge in [0, 0.05) is 100 Å². The van der Waals surface area contributed by atoms with Crippen LogP contribution in [0, 0.1) is 27.7 Å². The highest BCUT2D eigenvalue weighted by atomic mass is 19.4. The number of likely N-dealkylation sites (tertiary alicyclic amines) is 2. The molecule has 0 bridgehead atoms. The van der Waals surface area contributed by atoms with Crippen molar-refractivity contribution in [2.45, 2.75) is 103 Å². The molecule has 2 amide bonds. The zero-order chi connectivity index (χ0) is 50.9. The standard InChI is InChI=1S/C48H54F6N8O8/c1-29-25-30(2)56-45(55-29)69-43(41(65)59(5)37-17-21-61(22-18-37)27-33-7-11-35(12-8-33)47(49,50)51)67-39(63)15-16-40(64)68-44(70-46-57-31(3)26-32(4)58-46)42(66)60(6)38-19-23-62(24-20-38)28-34-9-13-36(14-10-34)48(52,53)54/h7-16,25-26,37-38,43-44H,17-24,27-28H2,1-6H3/b16-15-. The van der Waals surface area contributed by atoms with Crippen LogP contribution in [0.15, 0.2) is 72.8 Å². The number of benzene rings is 2. The minimum Gasteiger partial charge on any atom is -0.413 e. The molecule has 70 heavy (non-hydrogen) atoms. The lowest BCUT2D eigenvalue weighted by Crippen LogP contribution is -2.50. The number of esters is 2. The number of hydrogen-bond donors (Lipinski definition) is 0. The molecule has 6 rings (SSSR count). The Morgan fingerprint density at radius 1 is 0.571 bits per heavy atom. The van der Waals surface area contributed by atoms with Crippen molar-refractivity contribution in [2.24, 2.45) is 0 Å². The molecule has 22 heteroatoms. The van der Waals surface area contributed by atoms with Gasteiger partial charge in [-0.3, -0.25) is 19.4 Å². The fourth-order valence-electron chi connectivity index (χ4n) is 8.10. The smallest absolute Gasteiger partial charge is 0.413 e. The molecule has 2 atom stereocenters. The molecule has 0 aliphatic carbocycles. The number of ether oxygens (including phenoxy) is 4. The summed E-state index contributed by atoms with van der Waals surface area (Å²) in [6.07, 6.45) is -9.45. The van der Waals surface area contributed by atoms with Gasteiger partial charge in [-0.05, 0) is 101 Å². The Morgan fingerprint density at radius 2 is 0.871 bits per heavy atom. The second kappa shape index (κ2) is 22.8. The van der Waals surface area contributed by atoms with Crippen LogP contribution in [-0.4, -0.2) is 128 Å². The average molecular weight is 985 g/mol. The molecule has 2 aliphatic rings. The van der Waals surface area contributed by atoms with Crippen LogP contribution >= 0.6 is 0 Å². The topological polar surface area (TPSA) is 170 Å². The summed E-state index contributed by atoms with van der Waals surface area (Å²) >= 11 is 0. The molecule has 2 unspecified atom stereocenters. The number of rotatable bonds is 16. The Balaban J connectivity index is 1.09. The largest absolute Gasteiger partial charge is 0.416 e. The molecule has 2 aliphatic heterocycles. The lowest BCUT2D eigenvalue weighted by molar-refractivity contribution is -0.177. The first-order valence-corrected chi connectivity index (χ1v) is 22.4. The lowest BCUT2D eigenvalue weighted by Gasteiger charge is -2.37. The second-order valence-corrected chi connectivity index (χ2v) is 17.3. The normalized spacial score (nSPS) is 16.3. The van der Waals surface area contributed by atoms with E-state index in [0.717, 1.165) is 24.3 Å². The van der Waals surface area contributed by atoms with Gasteiger partial charge in [-0.2, -0.15) is 26.3 Å². The van der Waals surface area contributed by atoms with Crippen LogP contribution in [0.4, 0.5) is 26.3 Å². The van der Waals surface area contributed by atoms with Crippen LogP contribution in [-0.2, 0) is 54.1 Å².